The maximum atomic E-state index is 13.8. The molecule has 3 N–H and O–H groups in total. The molecule has 42 heavy (non-hydrogen) atoms. The highest BCUT2D eigenvalue weighted by Gasteiger charge is 2.19. The van der Waals surface area contributed by atoms with E-state index in [2.05, 4.69) is 51.2 Å². The van der Waals surface area contributed by atoms with Crippen molar-refractivity contribution < 1.29 is 14.3 Å². The lowest BCUT2D eigenvalue weighted by atomic mass is 10.1. The van der Waals surface area contributed by atoms with Crippen LogP contribution >= 0.6 is 0 Å². The van der Waals surface area contributed by atoms with E-state index in [-0.39, 0.29) is 30.1 Å². The van der Waals surface area contributed by atoms with Crippen LogP contribution in [0.5, 0.6) is 5.75 Å². The van der Waals surface area contributed by atoms with Gasteiger partial charge >= 0.3 is 5.97 Å². The summed E-state index contributed by atoms with van der Waals surface area (Å²) in [6.07, 6.45) is 5.42. The molecule has 4 rings (SSSR count). The summed E-state index contributed by atoms with van der Waals surface area (Å²) in [4.78, 5) is 39.4. The van der Waals surface area contributed by atoms with Crippen LogP contribution in [0.15, 0.2) is 35.3 Å². The van der Waals surface area contributed by atoms with Crippen molar-refractivity contribution in [2.75, 3.05) is 58.0 Å². The number of likely N-dealkylation sites (N-methyl/N-ethyl adjacent to an activating group) is 1. The minimum absolute atomic E-state index is 0.0648. The number of hydrogen-bond acceptors (Lipinski definition) is 10. The molecule has 3 heterocycles. The van der Waals surface area contributed by atoms with Crippen LogP contribution < -0.4 is 21.3 Å². The molecule has 1 saturated heterocycles. The van der Waals surface area contributed by atoms with Crippen molar-refractivity contribution in [1.82, 2.24) is 24.3 Å². The molecule has 1 unspecified atom stereocenters. The molecule has 1 atom stereocenters. The number of anilines is 2. The number of unbranched alkanes of at least 4 members (excludes halogenated alkanes) is 1. The van der Waals surface area contributed by atoms with Gasteiger partial charge in [-0.05, 0) is 37.6 Å². The van der Waals surface area contributed by atoms with E-state index in [1.165, 1.54) is 5.56 Å². The van der Waals surface area contributed by atoms with Gasteiger partial charge in [0, 0.05) is 50.9 Å². The predicted molar refractivity (Wildman–Crippen MR) is 166 cm³/mol. The van der Waals surface area contributed by atoms with Gasteiger partial charge in [-0.1, -0.05) is 38.8 Å². The van der Waals surface area contributed by atoms with E-state index in [1.54, 1.807) is 23.9 Å². The summed E-state index contributed by atoms with van der Waals surface area (Å²) in [6, 6.07) is 7.75. The second kappa shape index (κ2) is 15.0. The molecule has 1 aliphatic heterocycles. The van der Waals surface area contributed by atoms with Crippen molar-refractivity contribution >= 4 is 28.6 Å². The van der Waals surface area contributed by atoms with E-state index < -0.39 is 0 Å². The molecule has 1 aromatic carbocycles. The fourth-order valence-corrected chi connectivity index (χ4v) is 5.22. The summed E-state index contributed by atoms with van der Waals surface area (Å²) in [5.74, 6) is 0.926. The Morgan fingerprint density at radius 3 is 2.60 bits per heavy atom. The number of carbonyl (C=O) groups is 1. The lowest BCUT2D eigenvalue weighted by molar-refractivity contribution is -0.144. The number of aromatic nitrogens is 3. The molecule has 2 aromatic heterocycles. The third kappa shape index (κ3) is 8.19. The molecule has 11 nitrogen and oxygen atoms in total. The molecule has 0 saturated carbocycles. The van der Waals surface area contributed by atoms with Crippen LogP contribution in [0.3, 0.4) is 0 Å². The summed E-state index contributed by atoms with van der Waals surface area (Å²) in [7, 11) is 3.81. The molecule has 3 aromatic rings. The van der Waals surface area contributed by atoms with Gasteiger partial charge in [0.05, 0.1) is 25.2 Å². The van der Waals surface area contributed by atoms with E-state index in [4.69, 9.17) is 15.2 Å². The van der Waals surface area contributed by atoms with Gasteiger partial charge in [-0.25, -0.2) is 4.98 Å². The highest BCUT2D eigenvalue weighted by Crippen LogP contribution is 2.24. The Bertz CT molecular complexity index is 1400. The molecule has 0 aliphatic carbocycles. The number of nitrogen functional groups attached to an aromatic ring is 1. The first kappa shape index (κ1) is 31.2. The number of rotatable bonds is 14. The van der Waals surface area contributed by atoms with Crippen molar-refractivity contribution in [2.24, 2.45) is 0 Å². The smallest absolute Gasteiger partial charge is 0.305 e. The van der Waals surface area contributed by atoms with E-state index in [0.29, 0.717) is 29.7 Å². The summed E-state index contributed by atoms with van der Waals surface area (Å²) in [5, 5.41) is 3.67. The number of nitrogens with one attached hydrogen (secondary N) is 1. The number of fused-ring (bicyclic) bond motifs is 1. The Morgan fingerprint density at radius 2 is 1.88 bits per heavy atom. The number of carbonyl (C=O) groups excluding carboxylic acids is 1. The Hall–Kier alpha value is -3.70. The standard InChI is InChI=1S/C31H45N7O4/c1-5-7-9-27(39)42-21-24(8-6-2)33-29-28-25(34-31(32)35-29)12-13-38(30(28)40)20-23-11-10-22(18-26(23)41-4)19-37-16-14-36(3)15-17-37/h10-13,18,24H,5-9,14-17,19-21H2,1-4H3,(H3,32,33,34,35). The van der Waals surface area contributed by atoms with Crippen LogP contribution in [0.25, 0.3) is 10.9 Å². The number of piperazine rings is 1. The molecular formula is C31H45N7O4. The Balaban J connectivity index is 1.56. The zero-order valence-corrected chi connectivity index (χ0v) is 25.4. The molecule has 11 heteroatoms. The second-order valence-corrected chi connectivity index (χ2v) is 11.1. The number of esters is 1. The molecule has 0 spiro atoms. The van der Waals surface area contributed by atoms with Gasteiger partial charge in [-0.15, -0.1) is 0 Å². The first-order chi connectivity index (χ1) is 20.3. The topological polar surface area (TPSA) is 128 Å². The highest BCUT2D eigenvalue weighted by atomic mass is 16.5. The number of pyridine rings is 1. The quantitative estimate of drug-likeness (QED) is 0.274. The third-order valence-corrected chi connectivity index (χ3v) is 7.69. The molecule has 0 bridgehead atoms. The normalized spacial score (nSPS) is 15.0. The maximum Gasteiger partial charge on any atom is 0.305 e. The number of hydrogen-bond donors (Lipinski definition) is 2. The Morgan fingerprint density at radius 1 is 1.10 bits per heavy atom. The fourth-order valence-electron chi connectivity index (χ4n) is 5.22. The zero-order chi connectivity index (χ0) is 30.1. The minimum Gasteiger partial charge on any atom is -0.496 e. The summed E-state index contributed by atoms with van der Waals surface area (Å²) in [5.41, 5.74) is 8.30. The van der Waals surface area contributed by atoms with E-state index in [9.17, 15) is 9.59 Å². The van der Waals surface area contributed by atoms with Gasteiger partial charge < -0.3 is 30.0 Å². The number of benzene rings is 1. The maximum absolute atomic E-state index is 13.8. The summed E-state index contributed by atoms with van der Waals surface area (Å²) < 4.78 is 12.9. The molecular weight excluding hydrogens is 534 g/mol. The third-order valence-electron chi connectivity index (χ3n) is 7.69. The zero-order valence-electron chi connectivity index (χ0n) is 25.4. The van der Waals surface area contributed by atoms with Crippen molar-refractivity contribution in [1.29, 1.82) is 0 Å². The average molecular weight is 580 g/mol. The Kier molecular flexibility index (Phi) is 11.1. The van der Waals surface area contributed by atoms with E-state index >= 15 is 0 Å². The summed E-state index contributed by atoms with van der Waals surface area (Å²) >= 11 is 0. The molecule has 1 aliphatic rings. The lowest BCUT2D eigenvalue weighted by Crippen LogP contribution is -2.43. The van der Waals surface area contributed by atoms with Crippen LogP contribution in [0.2, 0.25) is 0 Å². The average Bonchev–Trinajstić information content (AvgIpc) is 2.98. The largest absolute Gasteiger partial charge is 0.496 e. The van der Waals surface area contributed by atoms with Gasteiger partial charge in [0.2, 0.25) is 5.95 Å². The monoisotopic (exact) mass is 579 g/mol. The van der Waals surface area contributed by atoms with E-state index in [0.717, 1.165) is 69.7 Å². The molecule has 228 valence electrons. The van der Waals surface area contributed by atoms with Crippen LogP contribution in [-0.4, -0.2) is 83.3 Å². The molecule has 0 amide bonds. The summed E-state index contributed by atoms with van der Waals surface area (Å²) in [6.45, 7) is 9.66. The molecule has 1 fully saturated rings. The predicted octanol–water partition coefficient (Wildman–Crippen LogP) is 3.49. The first-order valence-corrected chi connectivity index (χ1v) is 15.0. The van der Waals surface area contributed by atoms with Crippen LogP contribution in [-0.2, 0) is 22.6 Å². The van der Waals surface area contributed by atoms with Crippen molar-refractivity contribution in [3.05, 3.63) is 51.9 Å². The minimum atomic E-state index is -0.242. The second-order valence-electron chi connectivity index (χ2n) is 11.1. The van der Waals surface area contributed by atoms with Gasteiger partial charge in [0.15, 0.2) is 0 Å². The number of nitrogens with two attached hydrogens (primary N) is 1. The number of ether oxygens (including phenoxy) is 2. The molecule has 0 radical (unpaired) electrons. The first-order valence-electron chi connectivity index (χ1n) is 15.0. The highest BCUT2D eigenvalue weighted by molar-refractivity contribution is 5.89. The van der Waals surface area contributed by atoms with Crippen LogP contribution in [0, 0.1) is 0 Å². The fraction of sp³-hybridized carbons (Fsp3) is 0.548. The van der Waals surface area contributed by atoms with Crippen molar-refractivity contribution in [3.8, 4) is 5.75 Å². The van der Waals surface area contributed by atoms with Crippen molar-refractivity contribution in [2.45, 2.75) is 65.1 Å². The number of methoxy groups -OCH3 is 1. The van der Waals surface area contributed by atoms with Crippen LogP contribution in [0.1, 0.15) is 57.1 Å². The SMILES string of the molecule is CCCCC(=O)OCC(CCC)Nc1nc(N)nc2ccn(Cc3ccc(CN4CCN(C)CC4)cc3OC)c(=O)c12. The number of nitrogens with zero attached hydrogens (tertiary/aromatic N) is 5. The van der Waals surface area contributed by atoms with Gasteiger partial charge in [0.25, 0.3) is 5.56 Å². The van der Waals surface area contributed by atoms with Gasteiger partial charge in [-0.2, -0.15) is 4.98 Å². The van der Waals surface area contributed by atoms with Crippen molar-refractivity contribution in [3.63, 3.8) is 0 Å². The van der Waals surface area contributed by atoms with Gasteiger partial charge in [0.1, 0.15) is 23.6 Å². The van der Waals surface area contributed by atoms with Gasteiger partial charge in [-0.3, -0.25) is 14.5 Å². The van der Waals surface area contributed by atoms with Crippen LogP contribution in [0.4, 0.5) is 11.8 Å². The Labute approximate surface area is 248 Å². The lowest BCUT2D eigenvalue weighted by Gasteiger charge is -2.32. The van der Waals surface area contributed by atoms with E-state index in [1.807, 2.05) is 13.0 Å².